The predicted molar refractivity (Wildman–Crippen MR) is 98.4 cm³/mol. The number of carbonyl (C=O) groups excluding carboxylic acids is 2. The summed E-state index contributed by atoms with van der Waals surface area (Å²) in [5.74, 6) is -0.0461. The monoisotopic (exact) mass is 362 g/mol. The van der Waals surface area contributed by atoms with Gasteiger partial charge in [0.15, 0.2) is 0 Å². The van der Waals surface area contributed by atoms with Crippen LogP contribution in [-0.2, 0) is 11.3 Å². The van der Waals surface area contributed by atoms with Crippen LogP contribution in [0.1, 0.15) is 28.8 Å². The number of anilines is 1. The average Bonchev–Trinajstić information content (AvgIpc) is 3.38. The number of hydrogen-bond donors (Lipinski definition) is 1. The van der Waals surface area contributed by atoms with Gasteiger partial charge in [0, 0.05) is 25.2 Å². The fraction of sp³-hybridized carbons (Fsp3) is 0.211. The predicted octanol–water partition coefficient (Wildman–Crippen LogP) is 1.72. The van der Waals surface area contributed by atoms with Crippen molar-refractivity contribution in [2.75, 3.05) is 11.4 Å². The van der Waals surface area contributed by atoms with Gasteiger partial charge >= 0.3 is 0 Å². The number of para-hydroxylation sites is 1. The molecule has 8 nitrogen and oxygen atoms in total. The zero-order chi connectivity index (χ0) is 18.6. The van der Waals surface area contributed by atoms with Crippen LogP contribution in [0.4, 0.5) is 5.69 Å². The molecule has 1 saturated heterocycles. The lowest BCUT2D eigenvalue weighted by molar-refractivity contribution is -0.117. The molecule has 1 aliphatic heterocycles. The summed E-state index contributed by atoms with van der Waals surface area (Å²) >= 11 is 0. The molecule has 1 aliphatic rings. The van der Waals surface area contributed by atoms with Crippen LogP contribution in [-0.4, -0.2) is 38.6 Å². The first-order valence-electron chi connectivity index (χ1n) is 8.72. The molecule has 1 aromatic heterocycles. The first-order valence-corrected chi connectivity index (χ1v) is 8.72. The Morgan fingerprint density at radius 3 is 2.63 bits per heavy atom. The van der Waals surface area contributed by atoms with Crippen molar-refractivity contribution in [2.24, 2.45) is 0 Å². The number of hydrogen-bond acceptors (Lipinski definition) is 5. The third kappa shape index (κ3) is 3.55. The lowest BCUT2D eigenvalue weighted by atomic mass is 10.1. The SMILES string of the molecule is O=C(NCc1ccc(N2CCCC2=O)cc1)c1ccccc1-n1cnnn1. The first-order chi connectivity index (χ1) is 13.2. The summed E-state index contributed by atoms with van der Waals surface area (Å²) in [4.78, 5) is 26.2. The van der Waals surface area contributed by atoms with Gasteiger partial charge in [-0.3, -0.25) is 9.59 Å². The number of benzene rings is 2. The summed E-state index contributed by atoms with van der Waals surface area (Å²) in [6.45, 7) is 1.15. The number of tetrazole rings is 1. The van der Waals surface area contributed by atoms with E-state index in [1.165, 1.54) is 11.0 Å². The maximum atomic E-state index is 12.6. The molecular formula is C19H18N6O2. The van der Waals surface area contributed by atoms with Crippen LogP contribution >= 0.6 is 0 Å². The van der Waals surface area contributed by atoms with E-state index in [0.717, 1.165) is 24.2 Å². The zero-order valence-electron chi connectivity index (χ0n) is 14.6. The van der Waals surface area contributed by atoms with Crippen molar-refractivity contribution in [1.29, 1.82) is 0 Å². The van der Waals surface area contributed by atoms with Crippen LogP contribution < -0.4 is 10.2 Å². The molecule has 2 heterocycles. The second-order valence-electron chi connectivity index (χ2n) is 6.27. The molecule has 27 heavy (non-hydrogen) atoms. The highest BCUT2D eigenvalue weighted by Crippen LogP contribution is 2.21. The molecule has 0 aliphatic carbocycles. The Hall–Kier alpha value is -3.55. The molecule has 0 bridgehead atoms. The lowest BCUT2D eigenvalue weighted by Crippen LogP contribution is -2.25. The molecule has 136 valence electrons. The van der Waals surface area contributed by atoms with Crippen molar-refractivity contribution in [3.8, 4) is 5.69 Å². The third-order valence-electron chi connectivity index (χ3n) is 4.52. The third-order valence-corrected chi connectivity index (χ3v) is 4.52. The van der Waals surface area contributed by atoms with Crippen molar-refractivity contribution >= 4 is 17.5 Å². The van der Waals surface area contributed by atoms with E-state index in [1.54, 1.807) is 23.1 Å². The fourth-order valence-corrected chi connectivity index (χ4v) is 3.13. The van der Waals surface area contributed by atoms with Crippen LogP contribution in [0.5, 0.6) is 0 Å². The number of carbonyl (C=O) groups is 2. The number of nitrogens with zero attached hydrogens (tertiary/aromatic N) is 5. The van der Waals surface area contributed by atoms with Gasteiger partial charge in [-0.25, -0.2) is 0 Å². The molecule has 0 radical (unpaired) electrons. The van der Waals surface area contributed by atoms with Crippen LogP contribution in [0.2, 0.25) is 0 Å². The summed E-state index contributed by atoms with van der Waals surface area (Å²) in [5.41, 5.74) is 2.96. The van der Waals surface area contributed by atoms with Gasteiger partial charge in [0.25, 0.3) is 5.91 Å². The molecule has 4 rings (SSSR count). The van der Waals surface area contributed by atoms with Crippen molar-refractivity contribution in [2.45, 2.75) is 19.4 Å². The Bertz CT molecular complexity index is 953. The van der Waals surface area contributed by atoms with Gasteiger partial charge in [-0.1, -0.05) is 24.3 Å². The Labute approximate surface area is 155 Å². The Kier molecular flexibility index (Phi) is 4.61. The van der Waals surface area contributed by atoms with E-state index >= 15 is 0 Å². The molecule has 0 saturated carbocycles. The molecule has 2 amide bonds. The minimum atomic E-state index is -0.208. The highest BCUT2D eigenvalue weighted by atomic mass is 16.2. The van der Waals surface area contributed by atoms with Gasteiger partial charge in [0.05, 0.1) is 11.3 Å². The smallest absolute Gasteiger partial charge is 0.253 e. The minimum Gasteiger partial charge on any atom is -0.348 e. The van der Waals surface area contributed by atoms with E-state index in [1.807, 2.05) is 30.3 Å². The molecule has 1 fully saturated rings. The molecule has 0 atom stereocenters. The van der Waals surface area contributed by atoms with Crippen molar-refractivity contribution in [3.05, 3.63) is 66.0 Å². The number of aromatic nitrogens is 4. The quantitative estimate of drug-likeness (QED) is 0.746. The van der Waals surface area contributed by atoms with E-state index in [2.05, 4.69) is 20.8 Å². The number of rotatable bonds is 5. The highest BCUT2D eigenvalue weighted by Gasteiger charge is 2.21. The van der Waals surface area contributed by atoms with Crippen LogP contribution in [0.25, 0.3) is 5.69 Å². The largest absolute Gasteiger partial charge is 0.348 e. The lowest BCUT2D eigenvalue weighted by Gasteiger charge is -2.16. The second-order valence-corrected chi connectivity index (χ2v) is 6.27. The Morgan fingerprint density at radius 2 is 1.93 bits per heavy atom. The number of nitrogens with one attached hydrogen (secondary N) is 1. The van der Waals surface area contributed by atoms with E-state index in [9.17, 15) is 9.59 Å². The van der Waals surface area contributed by atoms with Gasteiger partial charge in [-0.05, 0) is 46.7 Å². The van der Waals surface area contributed by atoms with Crippen molar-refractivity contribution in [3.63, 3.8) is 0 Å². The molecule has 0 unspecified atom stereocenters. The van der Waals surface area contributed by atoms with Crippen LogP contribution in [0.3, 0.4) is 0 Å². The fourth-order valence-electron chi connectivity index (χ4n) is 3.13. The maximum absolute atomic E-state index is 12.6. The van der Waals surface area contributed by atoms with Gasteiger partial charge in [-0.2, -0.15) is 4.68 Å². The molecule has 8 heteroatoms. The Balaban J connectivity index is 1.44. The first kappa shape index (κ1) is 16.9. The van der Waals surface area contributed by atoms with Crippen LogP contribution in [0, 0.1) is 0 Å². The minimum absolute atomic E-state index is 0.162. The maximum Gasteiger partial charge on any atom is 0.253 e. The molecular weight excluding hydrogens is 344 g/mol. The molecule has 1 N–H and O–H groups in total. The van der Waals surface area contributed by atoms with E-state index < -0.39 is 0 Å². The van der Waals surface area contributed by atoms with E-state index in [4.69, 9.17) is 0 Å². The van der Waals surface area contributed by atoms with E-state index in [0.29, 0.717) is 24.2 Å². The topological polar surface area (TPSA) is 93.0 Å². The van der Waals surface area contributed by atoms with E-state index in [-0.39, 0.29) is 11.8 Å². The van der Waals surface area contributed by atoms with Gasteiger partial charge in [0.1, 0.15) is 6.33 Å². The van der Waals surface area contributed by atoms with Gasteiger partial charge in [-0.15, -0.1) is 5.10 Å². The molecule has 0 spiro atoms. The van der Waals surface area contributed by atoms with Gasteiger partial charge < -0.3 is 10.2 Å². The molecule has 3 aromatic rings. The van der Waals surface area contributed by atoms with Crippen molar-refractivity contribution in [1.82, 2.24) is 25.5 Å². The second kappa shape index (κ2) is 7.36. The summed E-state index contributed by atoms with van der Waals surface area (Å²) in [6.07, 6.45) is 2.96. The standard InChI is InChI=1S/C19H18N6O2/c26-18-6-3-11-24(18)15-9-7-14(8-10-15)12-20-19(27)16-4-1-2-5-17(16)25-13-21-22-23-25/h1-2,4-5,7-10,13H,3,6,11-12H2,(H,20,27). The highest BCUT2D eigenvalue weighted by molar-refractivity contribution is 5.97. The normalized spacial score (nSPS) is 13.8. The van der Waals surface area contributed by atoms with Crippen molar-refractivity contribution < 1.29 is 9.59 Å². The zero-order valence-corrected chi connectivity index (χ0v) is 14.6. The van der Waals surface area contributed by atoms with Crippen LogP contribution in [0.15, 0.2) is 54.9 Å². The summed E-state index contributed by atoms with van der Waals surface area (Å²) in [6, 6.07) is 14.8. The summed E-state index contributed by atoms with van der Waals surface area (Å²) < 4.78 is 1.46. The molecule has 2 aromatic carbocycles. The number of amides is 2. The Morgan fingerprint density at radius 1 is 1.11 bits per heavy atom. The summed E-state index contributed by atoms with van der Waals surface area (Å²) in [7, 11) is 0. The average molecular weight is 362 g/mol. The summed E-state index contributed by atoms with van der Waals surface area (Å²) in [5, 5.41) is 14.0. The van der Waals surface area contributed by atoms with Gasteiger partial charge in [0.2, 0.25) is 5.91 Å².